The highest BCUT2D eigenvalue weighted by atomic mass is 15.3. The first-order valence-corrected chi connectivity index (χ1v) is 25.4. The van der Waals surface area contributed by atoms with Crippen molar-refractivity contribution in [3.05, 3.63) is 199 Å². The summed E-state index contributed by atoms with van der Waals surface area (Å²) in [6.07, 6.45) is 0. The predicted octanol–water partition coefficient (Wildman–Crippen LogP) is 15.9. The molecule has 11 aromatic carbocycles. The van der Waals surface area contributed by atoms with Crippen LogP contribution in [-0.2, 0) is 14.1 Å². The van der Waals surface area contributed by atoms with E-state index in [-0.39, 0.29) is 6.71 Å². The van der Waals surface area contributed by atoms with Gasteiger partial charge in [-0.15, -0.1) is 0 Å². The van der Waals surface area contributed by atoms with E-state index in [9.17, 15) is 0 Å². The summed E-state index contributed by atoms with van der Waals surface area (Å²) in [6.45, 7) is 9.23. The van der Waals surface area contributed by atoms with Gasteiger partial charge in [0.25, 0.3) is 6.71 Å². The van der Waals surface area contributed by atoms with E-state index in [1.54, 1.807) is 0 Å². The molecule has 0 fully saturated rings. The Morgan fingerprint density at radius 2 is 0.620 bits per heavy atom. The van der Waals surface area contributed by atoms with Crippen LogP contribution in [0, 0.1) is 0 Å². The molecule has 13 aromatic rings. The van der Waals surface area contributed by atoms with Crippen LogP contribution in [0.5, 0.6) is 0 Å². The molecule has 0 N–H and O–H groups in total. The molecule has 5 heteroatoms. The lowest BCUT2D eigenvalue weighted by molar-refractivity contribution is 0.868. The molecular weight excluding hydrogens is 860 g/mol. The van der Waals surface area contributed by atoms with Crippen LogP contribution < -0.4 is 26.2 Å². The lowest BCUT2D eigenvalue weighted by Gasteiger charge is -2.43. The van der Waals surface area contributed by atoms with Gasteiger partial charge in [0.2, 0.25) is 0 Å². The van der Waals surface area contributed by atoms with Crippen molar-refractivity contribution in [3.63, 3.8) is 0 Å². The average Bonchev–Trinajstić information content (AvgIpc) is 3.88. The summed E-state index contributed by atoms with van der Waals surface area (Å²) in [7, 11) is 4.61. The van der Waals surface area contributed by atoms with Gasteiger partial charge in [0.1, 0.15) is 11.6 Å². The molecule has 0 unspecified atom stereocenters. The van der Waals surface area contributed by atoms with E-state index in [0.717, 1.165) is 0 Å². The molecular formula is C66H51BN4. The Hall–Kier alpha value is -8.28. The Bertz CT molecular complexity index is 4100. The molecule has 338 valence electrons. The number of hydrogen-bond acceptors (Lipinski definition) is 2. The molecule has 0 spiro atoms. The zero-order valence-electron chi connectivity index (χ0n) is 40.9. The second-order valence-electron chi connectivity index (χ2n) is 20.9. The summed E-state index contributed by atoms with van der Waals surface area (Å²) in [5.41, 5.74) is 14.1. The maximum Gasteiger partial charge on any atom is 0.257 e. The van der Waals surface area contributed by atoms with Crippen LogP contribution in [0.2, 0.25) is 0 Å². The largest absolute Gasteiger partial charge is 0.330 e. The van der Waals surface area contributed by atoms with Crippen molar-refractivity contribution in [2.75, 3.05) is 9.80 Å². The summed E-state index contributed by atoms with van der Waals surface area (Å²) < 4.78 is 5.01. The number of hydrogen-bond donors (Lipinski definition) is 0. The summed E-state index contributed by atoms with van der Waals surface area (Å²) >= 11 is 0. The minimum absolute atomic E-state index is 0.0731. The monoisotopic (exact) mass is 910 g/mol. The normalized spacial score (nSPS) is 13.4. The minimum Gasteiger partial charge on any atom is -0.330 e. The Labute approximate surface area is 413 Å². The van der Waals surface area contributed by atoms with Crippen molar-refractivity contribution < 1.29 is 0 Å². The number of fused-ring (bicyclic) bond motifs is 20. The molecule has 0 amide bonds. The van der Waals surface area contributed by atoms with Crippen LogP contribution in [0.4, 0.5) is 34.4 Å². The second-order valence-corrected chi connectivity index (χ2v) is 20.9. The van der Waals surface area contributed by atoms with Gasteiger partial charge in [-0.3, -0.25) is 9.80 Å². The van der Waals surface area contributed by atoms with Gasteiger partial charge in [-0.2, -0.15) is 0 Å². The van der Waals surface area contributed by atoms with Crippen LogP contribution >= 0.6 is 0 Å². The molecule has 2 aliphatic rings. The molecule has 4 heterocycles. The summed E-state index contributed by atoms with van der Waals surface area (Å²) in [5, 5.41) is 17.9. The van der Waals surface area contributed by atoms with Crippen molar-refractivity contribution in [1.82, 2.24) is 9.13 Å². The standard InChI is InChI=1S/C66H51BN4/c1-38(2)40-32-34-54-52(36-40)62-65(68(54)5)70(56-28-15-26-50-46-20-9-7-18-42(46)44-22-11-13-24-48(44)60(50)56)58-30-17-31-59-64(58)67(62)63-53-37-41(39(3)4)33-35-55(53)69(6)66(63)71(59)57-29-16-27-51-47-21-10-8-19-43(47)45-23-12-14-25-49(45)61(51)57/h7-39H,1-6H3. The van der Waals surface area contributed by atoms with E-state index >= 15 is 0 Å². The number of aromatic nitrogens is 2. The quantitative estimate of drug-likeness (QED) is 0.129. The third kappa shape index (κ3) is 5.30. The summed E-state index contributed by atoms with van der Waals surface area (Å²) in [6, 6.07) is 71.7. The van der Waals surface area contributed by atoms with E-state index < -0.39 is 0 Å². The fourth-order valence-corrected chi connectivity index (χ4v) is 13.4. The topological polar surface area (TPSA) is 16.3 Å². The van der Waals surface area contributed by atoms with E-state index in [1.807, 2.05) is 0 Å². The molecule has 0 saturated heterocycles. The molecule has 71 heavy (non-hydrogen) atoms. The first kappa shape index (κ1) is 40.6. The Kier molecular flexibility index (Phi) is 8.37. The van der Waals surface area contributed by atoms with E-state index in [1.165, 1.54) is 148 Å². The fourth-order valence-electron chi connectivity index (χ4n) is 13.4. The van der Waals surface area contributed by atoms with Crippen LogP contribution in [-0.4, -0.2) is 15.8 Å². The van der Waals surface area contributed by atoms with Crippen LogP contribution in [0.3, 0.4) is 0 Å². The van der Waals surface area contributed by atoms with Crippen molar-refractivity contribution in [2.45, 2.75) is 39.5 Å². The predicted molar refractivity (Wildman–Crippen MR) is 307 cm³/mol. The highest BCUT2D eigenvalue weighted by molar-refractivity contribution is 7.03. The van der Waals surface area contributed by atoms with Crippen LogP contribution in [0.15, 0.2) is 188 Å². The Morgan fingerprint density at radius 3 is 0.986 bits per heavy atom. The average molecular weight is 911 g/mol. The van der Waals surface area contributed by atoms with Crippen molar-refractivity contribution in [2.24, 2.45) is 14.1 Å². The zero-order chi connectivity index (χ0) is 47.6. The third-order valence-corrected chi connectivity index (χ3v) is 16.6. The SMILES string of the molecule is CC(C)c1ccc2c(c1)c1c(n2C)N(c2cccc3c4ccccc4c4ccccc4c23)c2cccc3c2B1c1c(n(C)c2ccc(C(C)C)cc12)N3c1cccc2c3ccccc3c3ccccc3c12. The molecule has 2 aromatic heterocycles. The van der Waals surface area contributed by atoms with E-state index in [2.05, 4.69) is 249 Å². The van der Waals surface area contributed by atoms with Gasteiger partial charge in [-0.05, 0) is 153 Å². The molecule has 0 atom stereocenters. The highest BCUT2D eigenvalue weighted by Gasteiger charge is 2.48. The molecule has 0 bridgehead atoms. The smallest absolute Gasteiger partial charge is 0.257 e. The number of rotatable bonds is 4. The zero-order valence-corrected chi connectivity index (χ0v) is 40.9. The van der Waals surface area contributed by atoms with Crippen LogP contribution in [0.25, 0.3) is 86.4 Å². The first-order valence-electron chi connectivity index (χ1n) is 25.4. The van der Waals surface area contributed by atoms with Gasteiger partial charge in [-0.25, -0.2) is 0 Å². The fraction of sp³-hybridized carbons (Fsp3) is 0.121. The van der Waals surface area contributed by atoms with Crippen molar-refractivity contribution in [3.8, 4) is 0 Å². The van der Waals surface area contributed by atoms with Crippen molar-refractivity contribution in [1.29, 1.82) is 0 Å². The Morgan fingerprint density at radius 1 is 0.310 bits per heavy atom. The van der Waals surface area contributed by atoms with Crippen LogP contribution in [0.1, 0.15) is 50.7 Å². The second kappa shape index (κ2) is 14.6. The van der Waals surface area contributed by atoms with E-state index in [4.69, 9.17) is 0 Å². The lowest BCUT2D eigenvalue weighted by atomic mass is 9.33. The van der Waals surface area contributed by atoms with Gasteiger partial charge >= 0.3 is 0 Å². The van der Waals surface area contributed by atoms with E-state index in [0.29, 0.717) is 11.8 Å². The first-order chi connectivity index (χ1) is 34.8. The number of benzene rings is 11. The highest BCUT2D eigenvalue weighted by Crippen LogP contribution is 2.52. The Balaban J connectivity index is 1.14. The van der Waals surface area contributed by atoms with Gasteiger partial charge < -0.3 is 9.13 Å². The molecule has 0 radical (unpaired) electrons. The molecule has 15 rings (SSSR count). The number of anilines is 6. The maximum atomic E-state index is 2.66. The summed E-state index contributed by atoms with van der Waals surface area (Å²) in [4.78, 5) is 5.31. The lowest BCUT2D eigenvalue weighted by Crippen LogP contribution is -2.61. The molecule has 0 saturated carbocycles. The van der Waals surface area contributed by atoms with Gasteiger partial charge in [0.15, 0.2) is 0 Å². The van der Waals surface area contributed by atoms with Gasteiger partial charge in [0.05, 0.1) is 11.4 Å². The summed E-state index contributed by atoms with van der Waals surface area (Å²) in [5.74, 6) is 3.19. The van der Waals surface area contributed by atoms with Gasteiger partial charge in [0, 0.05) is 47.3 Å². The third-order valence-electron chi connectivity index (χ3n) is 16.6. The number of aryl methyl sites for hydroxylation is 2. The molecule has 0 aliphatic carbocycles. The number of nitrogens with zero attached hydrogens (tertiary/aromatic N) is 4. The molecule has 4 nitrogen and oxygen atoms in total. The maximum absolute atomic E-state index is 2.66. The van der Waals surface area contributed by atoms with Gasteiger partial charge in [-0.1, -0.05) is 167 Å². The molecule has 2 aliphatic heterocycles. The van der Waals surface area contributed by atoms with Crippen molar-refractivity contribution >= 4 is 144 Å². The minimum atomic E-state index is -0.0731.